The number of aliphatic hydroxyl groups is 1. The van der Waals surface area contributed by atoms with Crippen molar-refractivity contribution in [2.24, 2.45) is 10.3 Å². The summed E-state index contributed by atoms with van der Waals surface area (Å²) in [5, 5.41) is 17.9. The molecule has 15 heavy (non-hydrogen) atoms. The second kappa shape index (κ2) is 7.33. The van der Waals surface area contributed by atoms with E-state index in [1.165, 1.54) is 0 Å². The molecule has 0 aromatic rings. The molecule has 0 aromatic heterocycles. The van der Waals surface area contributed by atoms with Gasteiger partial charge in [0.05, 0.1) is 51.8 Å². The summed E-state index contributed by atoms with van der Waals surface area (Å²) >= 11 is 0. The van der Waals surface area contributed by atoms with Crippen LogP contribution in [0, 0.1) is 0 Å². The highest BCUT2D eigenvalue weighted by Gasteiger charge is 2.09. The van der Waals surface area contributed by atoms with Crippen LogP contribution in [0.5, 0.6) is 0 Å². The van der Waals surface area contributed by atoms with Gasteiger partial charge in [-0.1, -0.05) is 11.8 Å². The minimum atomic E-state index is 0.0519. The summed E-state index contributed by atoms with van der Waals surface area (Å²) in [6, 6.07) is 0. The van der Waals surface area contributed by atoms with Gasteiger partial charge in [-0.25, -0.2) is 0 Å². The average molecular weight is 215 g/mol. The molecule has 0 spiro atoms. The minimum absolute atomic E-state index is 0.0519. The van der Waals surface area contributed by atoms with E-state index in [1.807, 2.05) is 0 Å². The smallest absolute Gasteiger partial charge is 0.0814 e. The number of hydrogen-bond donors (Lipinski definition) is 1. The number of hydrogen-bond acceptors (Lipinski definition) is 6. The van der Waals surface area contributed by atoms with E-state index in [4.69, 9.17) is 14.6 Å². The fourth-order valence-corrected chi connectivity index (χ4v) is 1.08. The van der Waals surface area contributed by atoms with Crippen molar-refractivity contribution in [1.29, 1.82) is 0 Å². The molecule has 0 fully saturated rings. The largest absolute Gasteiger partial charge is 0.394 e. The number of aliphatic hydroxyl groups excluding tert-OH is 1. The Hall–Kier alpha value is -0.980. The Morgan fingerprint density at radius 1 is 1.27 bits per heavy atom. The van der Waals surface area contributed by atoms with Crippen LogP contribution in [-0.2, 0) is 9.47 Å². The van der Waals surface area contributed by atoms with Gasteiger partial charge < -0.3 is 14.6 Å². The molecule has 0 aliphatic carbocycles. The Balaban J connectivity index is 1.85. The van der Waals surface area contributed by atoms with Crippen LogP contribution in [-0.4, -0.2) is 56.2 Å². The van der Waals surface area contributed by atoms with Gasteiger partial charge in [0.25, 0.3) is 0 Å². The second-order valence-electron chi connectivity index (χ2n) is 3.09. The lowest BCUT2D eigenvalue weighted by Crippen LogP contribution is -2.21. The molecule has 0 aromatic carbocycles. The van der Waals surface area contributed by atoms with E-state index in [0.717, 1.165) is 5.70 Å². The van der Waals surface area contributed by atoms with Gasteiger partial charge >= 0.3 is 0 Å². The molecule has 0 amide bonds. The van der Waals surface area contributed by atoms with Gasteiger partial charge in [0.15, 0.2) is 0 Å². The van der Waals surface area contributed by atoms with E-state index in [9.17, 15) is 0 Å². The monoisotopic (exact) mass is 215 g/mol. The van der Waals surface area contributed by atoms with Crippen LogP contribution in [0.25, 0.3) is 0 Å². The number of nitrogens with zero attached hydrogens (tertiary/aromatic N) is 3. The topological polar surface area (TPSA) is 66.7 Å². The van der Waals surface area contributed by atoms with Gasteiger partial charge in [0.1, 0.15) is 0 Å². The molecule has 86 valence electrons. The van der Waals surface area contributed by atoms with Crippen LogP contribution < -0.4 is 0 Å². The highest BCUT2D eigenvalue weighted by atomic mass is 16.5. The Bertz CT molecular complexity index is 221. The lowest BCUT2D eigenvalue weighted by Gasteiger charge is -2.11. The van der Waals surface area contributed by atoms with E-state index in [1.54, 1.807) is 5.01 Å². The average Bonchev–Trinajstić information content (AvgIpc) is 2.63. The zero-order valence-electron chi connectivity index (χ0n) is 8.76. The summed E-state index contributed by atoms with van der Waals surface area (Å²) < 4.78 is 10.3. The van der Waals surface area contributed by atoms with E-state index < -0.39 is 0 Å². The first-order chi connectivity index (χ1) is 7.33. The van der Waals surface area contributed by atoms with Crippen molar-refractivity contribution in [3.05, 3.63) is 12.3 Å². The quantitative estimate of drug-likeness (QED) is 0.588. The van der Waals surface area contributed by atoms with Crippen LogP contribution in [0.2, 0.25) is 0 Å². The van der Waals surface area contributed by atoms with Crippen LogP contribution in [0.4, 0.5) is 0 Å². The lowest BCUT2D eigenvalue weighted by molar-refractivity contribution is 0.0276. The van der Waals surface area contributed by atoms with Gasteiger partial charge in [-0.3, -0.25) is 5.01 Å². The van der Waals surface area contributed by atoms with E-state index in [0.29, 0.717) is 39.5 Å². The van der Waals surface area contributed by atoms with Crippen molar-refractivity contribution >= 4 is 0 Å². The molecule has 1 N–H and O–H groups in total. The molecule has 0 saturated heterocycles. The summed E-state index contributed by atoms with van der Waals surface area (Å²) in [4.78, 5) is 0. The third-order valence-electron chi connectivity index (χ3n) is 1.78. The van der Waals surface area contributed by atoms with Gasteiger partial charge in [0, 0.05) is 0 Å². The maximum absolute atomic E-state index is 8.43. The molecular weight excluding hydrogens is 198 g/mol. The lowest BCUT2D eigenvalue weighted by atomic mass is 10.5. The molecule has 0 radical (unpaired) electrons. The first-order valence-electron chi connectivity index (χ1n) is 4.93. The fraction of sp³-hybridized carbons (Fsp3) is 0.778. The predicted octanol–water partition coefficient (Wildman–Crippen LogP) is 0.208. The van der Waals surface area contributed by atoms with E-state index >= 15 is 0 Å². The summed E-state index contributed by atoms with van der Waals surface area (Å²) in [5.41, 5.74) is 0.779. The Morgan fingerprint density at radius 3 is 2.60 bits per heavy atom. The van der Waals surface area contributed by atoms with Gasteiger partial charge in [0.2, 0.25) is 0 Å². The van der Waals surface area contributed by atoms with Gasteiger partial charge in [-0.15, -0.1) is 5.11 Å². The van der Waals surface area contributed by atoms with Crippen molar-refractivity contribution in [3.8, 4) is 0 Å². The van der Waals surface area contributed by atoms with Crippen molar-refractivity contribution in [2.45, 2.75) is 0 Å². The van der Waals surface area contributed by atoms with Crippen molar-refractivity contribution in [3.63, 3.8) is 0 Å². The van der Waals surface area contributed by atoms with Crippen molar-refractivity contribution < 1.29 is 14.6 Å². The highest BCUT2D eigenvalue weighted by Crippen LogP contribution is 2.08. The van der Waals surface area contributed by atoms with E-state index in [-0.39, 0.29) is 6.61 Å². The van der Waals surface area contributed by atoms with Crippen molar-refractivity contribution in [1.82, 2.24) is 5.01 Å². The normalized spacial score (nSPS) is 15.3. The van der Waals surface area contributed by atoms with Crippen LogP contribution >= 0.6 is 0 Å². The number of rotatable bonds is 8. The molecule has 0 unspecified atom stereocenters. The third kappa shape index (κ3) is 5.46. The molecular formula is C9H17N3O3. The number of ether oxygens (including phenoxy) is 2. The van der Waals surface area contributed by atoms with Crippen molar-refractivity contribution in [2.75, 3.05) is 46.1 Å². The van der Waals surface area contributed by atoms with E-state index in [2.05, 4.69) is 16.9 Å². The maximum atomic E-state index is 8.43. The first kappa shape index (κ1) is 12.1. The zero-order valence-corrected chi connectivity index (χ0v) is 8.76. The molecule has 6 nitrogen and oxygen atoms in total. The Labute approximate surface area is 89.2 Å². The first-order valence-corrected chi connectivity index (χ1v) is 4.93. The fourth-order valence-electron chi connectivity index (χ4n) is 1.08. The van der Waals surface area contributed by atoms with Crippen LogP contribution in [0.15, 0.2) is 22.6 Å². The summed E-state index contributed by atoms with van der Waals surface area (Å²) in [6.45, 7) is 7.14. The molecule has 0 saturated carbocycles. The molecule has 6 heteroatoms. The molecule has 1 rings (SSSR count). The molecule has 1 aliphatic heterocycles. The maximum Gasteiger partial charge on any atom is 0.0814 e. The zero-order chi connectivity index (χ0) is 10.9. The predicted molar refractivity (Wildman–Crippen MR) is 54.3 cm³/mol. The summed E-state index contributed by atoms with van der Waals surface area (Å²) in [6.07, 6.45) is 0. The molecule has 0 bridgehead atoms. The van der Waals surface area contributed by atoms with Gasteiger partial charge in [-0.2, -0.15) is 0 Å². The Kier molecular flexibility index (Phi) is 5.91. The SMILES string of the molecule is C=C1CN(CCOCCOCCO)N=N1. The summed E-state index contributed by atoms with van der Waals surface area (Å²) in [5.74, 6) is 0. The third-order valence-corrected chi connectivity index (χ3v) is 1.78. The minimum Gasteiger partial charge on any atom is -0.394 e. The standard InChI is InChI=1S/C9H17N3O3/c1-9-8-12(11-10-9)2-4-14-6-7-15-5-3-13/h13H,1-8H2. The van der Waals surface area contributed by atoms with Crippen LogP contribution in [0.1, 0.15) is 0 Å². The summed E-state index contributed by atoms with van der Waals surface area (Å²) in [7, 11) is 0. The molecule has 0 atom stereocenters. The Morgan fingerprint density at radius 2 is 2.00 bits per heavy atom. The van der Waals surface area contributed by atoms with Crippen LogP contribution in [0.3, 0.4) is 0 Å². The highest BCUT2D eigenvalue weighted by molar-refractivity contribution is 4.95. The molecule has 1 aliphatic rings. The second-order valence-corrected chi connectivity index (χ2v) is 3.09. The molecule has 1 heterocycles. The van der Waals surface area contributed by atoms with Gasteiger partial charge in [-0.05, 0) is 0 Å².